The molecular weight excluding hydrogens is 437 g/mol. The minimum absolute atomic E-state index is 0.469. The van der Waals surface area contributed by atoms with Gasteiger partial charge in [0.05, 0.1) is 6.61 Å². The van der Waals surface area contributed by atoms with E-state index < -0.39 is 48.7 Å². The summed E-state index contributed by atoms with van der Waals surface area (Å²) >= 11 is 5.17. The van der Waals surface area contributed by atoms with Gasteiger partial charge in [-0.1, -0.05) is 23.3 Å². The summed E-state index contributed by atoms with van der Waals surface area (Å²) < 4.78 is 17.5. The molecule has 2 aromatic rings. The van der Waals surface area contributed by atoms with Crippen molar-refractivity contribution in [2.24, 2.45) is 5.11 Å². The number of aliphatic hydroxyl groups is 2. The third kappa shape index (κ3) is 4.32. The molecule has 1 saturated heterocycles. The van der Waals surface area contributed by atoms with Gasteiger partial charge in [-0.3, -0.25) is 14.3 Å². The number of nitrogens with zero attached hydrogens (tertiary/aromatic N) is 4. The summed E-state index contributed by atoms with van der Waals surface area (Å²) in [4.78, 5) is 28.1. The van der Waals surface area contributed by atoms with Gasteiger partial charge in [-0.25, -0.2) is 4.79 Å². The zero-order valence-corrected chi connectivity index (χ0v) is 17.4. The van der Waals surface area contributed by atoms with Gasteiger partial charge in [-0.15, -0.1) is 0 Å². The molecule has 5 atom stereocenters. The largest absolute Gasteiger partial charge is 0.446 e. The zero-order valence-electron chi connectivity index (χ0n) is 15.5. The Morgan fingerprint density at radius 2 is 2.10 bits per heavy atom. The van der Waals surface area contributed by atoms with E-state index in [2.05, 4.69) is 10.0 Å². The van der Waals surface area contributed by atoms with Crippen LogP contribution in [0.1, 0.15) is 13.2 Å². The van der Waals surface area contributed by atoms with E-state index in [-0.39, 0.29) is 0 Å². The first-order valence-electron chi connectivity index (χ1n) is 8.55. The Morgan fingerprint density at radius 1 is 1.40 bits per heavy atom. The van der Waals surface area contributed by atoms with Gasteiger partial charge < -0.3 is 24.0 Å². The van der Waals surface area contributed by atoms with E-state index in [0.717, 1.165) is 16.8 Å². The third-order valence-electron chi connectivity index (χ3n) is 4.46. The molecule has 2 heterocycles. The molecule has 14 heteroatoms. The number of benzene rings is 1. The average Bonchev–Trinajstić information content (AvgIpc) is 2.89. The SMILES string of the molecule is C[C@]1(O)[C@H](n2ccc(=O)[nH]c2=O)O[C@@](CO[PH](=S)Oc2ccccc2)(N=[N+]=[N-])[C@H]1O. The van der Waals surface area contributed by atoms with Crippen LogP contribution in [0.4, 0.5) is 0 Å². The summed E-state index contributed by atoms with van der Waals surface area (Å²) in [7, 11) is -2.33. The smallest absolute Gasteiger partial charge is 0.330 e. The van der Waals surface area contributed by atoms with Crippen LogP contribution in [0.25, 0.3) is 10.4 Å². The van der Waals surface area contributed by atoms with Crippen molar-refractivity contribution >= 4 is 19.0 Å². The van der Waals surface area contributed by atoms with Crippen molar-refractivity contribution in [2.75, 3.05) is 6.61 Å². The van der Waals surface area contributed by atoms with Gasteiger partial charge in [0, 0.05) is 17.2 Å². The van der Waals surface area contributed by atoms with E-state index in [1.165, 1.54) is 6.92 Å². The zero-order chi connectivity index (χ0) is 21.9. The summed E-state index contributed by atoms with van der Waals surface area (Å²) in [5, 5.41) is 25.0. The van der Waals surface area contributed by atoms with Crippen LogP contribution in [-0.4, -0.2) is 43.8 Å². The molecule has 0 spiro atoms. The first-order chi connectivity index (χ1) is 14.2. The summed E-state index contributed by atoms with van der Waals surface area (Å²) in [6.07, 6.45) is -2.21. The van der Waals surface area contributed by atoms with E-state index in [9.17, 15) is 19.8 Å². The van der Waals surface area contributed by atoms with E-state index in [1.54, 1.807) is 30.3 Å². The second kappa shape index (κ2) is 8.70. The van der Waals surface area contributed by atoms with E-state index in [1.807, 2.05) is 4.98 Å². The maximum Gasteiger partial charge on any atom is 0.330 e. The van der Waals surface area contributed by atoms with E-state index in [4.69, 9.17) is 31.1 Å². The van der Waals surface area contributed by atoms with Gasteiger partial charge in [0.1, 0.15) is 17.5 Å². The van der Waals surface area contributed by atoms with Crippen molar-refractivity contribution < 1.29 is 24.0 Å². The molecule has 0 amide bonds. The van der Waals surface area contributed by atoms with Gasteiger partial charge in [0.15, 0.2) is 6.23 Å². The Balaban J connectivity index is 1.86. The molecule has 0 bridgehead atoms. The predicted octanol–water partition coefficient (Wildman–Crippen LogP) is 0.786. The van der Waals surface area contributed by atoms with Crippen LogP contribution in [0.15, 0.2) is 57.3 Å². The fourth-order valence-electron chi connectivity index (χ4n) is 2.99. The molecule has 1 fully saturated rings. The van der Waals surface area contributed by atoms with Gasteiger partial charge in [0.2, 0.25) is 12.9 Å². The molecule has 1 aromatic heterocycles. The monoisotopic (exact) mass is 455 g/mol. The minimum Gasteiger partial charge on any atom is -0.446 e. The fraction of sp³-hybridized carbons (Fsp3) is 0.375. The van der Waals surface area contributed by atoms with Crippen molar-refractivity contribution in [1.82, 2.24) is 9.55 Å². The Hall–Kier alpha value is -2.50. The lowest BCUT2D eigenvalue weighted by Crippen LogP contribution is -2.50. The van der Waals surface area contributed by atoms with Gasteiger partial charge in [-0.2, -0.15) is 0 Å². The number of aromatic amines is 1. The minimum atomic E-state index is -2.33. The molecule has 1 aliphatic rings. The van der Waals surface area contributed by atoms with Crippen LogP contribution in [0.5, 0.6) is 5.75 Å². The van der Waals surface area contributed by atoms with Crippen LogP contribution in [0.2, 0.25) is 0 Å². The topological polar surface area (TPSA) is 172 Å². The number of rotatable bonds is 7. The highest BCUT2D eigenvalue weighted by Crippen LogP contribution is 2.46. The number of H-pyrrole nitrogens is 1. The molecule has 0 radical (unpaired) electrons. The van der Waals surface area contributed by atoms with Gasteiger partial charge in [0.25, 0.3) is 5.56 Å². The lowest BCUT2D eigenvalue weighted by atomic mass is 9.93. The maximum absolute atomic E-state index is 12.1. The van der Waals surface area contributed by atoms with Crippen LogP contribution >= 0.6 is 7.15 Å². The lowest BCUT2D eigenvalue weighted by Gasteiger charge is -2.29. The fourth-order valence-corrected chi connectivity index (χ4v) is 4.17. The normalized spacial score (nSPS) is 29.2. The van der Waals surface area contributed by atoms with Crippen molar-refractivity contribution in [3.05, 3.63) is 73.9 Å². The molecule has 160 valence electrons. The molecule has 1 unspecified atom stereocenters. The highest BCUT2D eigenvalue weighted by Gasteiger charge is 2.62. The molecule has 1 aliphatic heterocycles. The summed E-state index contributed by atoms with van der Waals surface area (Å²) in [5.74, 6) is 0.469. The van der Waals surface area contributed by atoms with Crippen LogP contribution in [0, 0.1) is 0 Å². The molecule has 12 nitrogen and oxygen atoms in total. The number of nitrogens with one attached hydrogen (secondary N) is 1. The summed E-state index contributed by atoms with van der Waals surface area (Å²) in [5.41, 5.74) is 3.25. The highest BCUT2D eigenvalue weighted by atomic mass is 32.4. The Morgan fingerprint density at radius 3 is 2.73 bits per heavy atom. The number of ether oxygens (including phenoxy) is 1. The van der Waals surface area contributed by atoms with Crippen molar-refractivity contribution in [1.29, 1.82) is 0 Å². The third-order valence-corrected chi connectivity index (χ3v) is 5.84. The van der Waals surface area contributed by atoms with E-state index in [0.29, 0.717) is 5.75 Å². The van der Waals surface area contributed by atoms with Crippen molar-refractivity contribution in [2.45, 2.75) is 30.6 Å². The molecular formula is C16H18N5O7PS. The maximum atomic E-state index is 12.1. The average molecular weight is 455 g/mol. The van der Waals surface area contributed by atoms with Crippen LogP contribution in [-0.2, 0) is 21.1 Å². The van der Waals surface area contributed by atoms with Crippen LogP contribution in [0.3, 0.4) is 0 Å². The Bertz CT molecular complexity index is 1100. The second-order valence-electron chi connectivity index (χ2n) is 6.60. The Labute approximate surface area is 174 Å². The molecule has 1 aromatic carbocycles. The lowest BCUT2D eigenvalue weighted by molar-refractivity contribution is -0.123. The van der Waals surface area contributed by atoms with Gasteiger partial charge in [-0.05, 0) is 36.4 Å². The van der Waals surface area contributed by atoms with Crippen molar-refractivity contribution in [3.8, 4) is 5.75 Å². The highest BCUT2D eigenvalue weighted by molar-refractivity contribution is 8.00. The predicted molar refractivity (Wildman–Crippen MR) is 109 cm³/mol. The molecule has 3 N–H and O–H groups in total. The second-order valence-corrected chi connectivity index (χ2v) is 8.60. The number of aliphatic hydroxyl groups excluding tert-OH is 1. The molecule has 0 saturated carbocycles. The summed E-state index contributed by atoms with van der Waals surface area (Å²) in [6, 6.07) is 9.67. The molecule has 30 heavy (non-hydrogen) atoms. The van der Waals surface area contributed by atoms with Gasteiger partial charge >= 0.3 is 5.69 Å². The quantitative estimate of drug-likeness (QED) is 0.238. The van der Waals surface area contributed by atoms with Crippen LogP contribution < -0.4 is 15.8 Å². The number of hydrogen-bond acceptors (Lipinski definition) is 9. The molecule has 3 rings (SSSR count). The first kappa shape index (κ1) is 22.2. The summed E-state index contributed by atoms with van der Waals surface area (Å²) in [6.45, 7) is 0.641. The Kier molecular flexibility index (Phi) is 6.44. The standard InChI is InChI=1S/C16H18N5O7PS/c1-15(25)12(23)16(19-20-17,9-26-29(30)28-10-5-3-2-4-6-10)27-13(15)21-8-7-11(22)18-14(21)24/h2-8,12-13,23,25,29H,9H2,1H3,(H,18,22,24)/t12-,13+,15+,16+/m0/s1. The number of azide groups is 1. The van der Waals surface area contributed by atoms with E-state index >= 15 is 0 Å². The van der Waals surface area contributed by atoms with Crippen molar-refractivity contribution in [3.63, 3.8) is 0 Å². The number of hydrogen-bond donors (Lipinski definition) is 3. The first-order valence-corrected chi connectivity index (χ1v) is 11.0. The number of aromatic nitrogens is 2. The number of para-hydroxylation sites is 1. The molecule has 0 aliphatic carbocycles.